The van der Waals surface area contributed by atoms with Crippen molar-refractivity contribution in [3.05, 3.63) is 48.0 Å². The fourth-order valence-corrected chi connectivity index (χ4v) is 7.56. The van der Waals surface area contributed by atoms with E-state index in [-0.39, 0.29) is 46.9 Å². The second-order valence-corrected chi connectivity index (χ2v) is 13.9. The molecule has 2 heterocycles. The zero-order valence-corrected chi connectivity index (χ0v) is 23.9. The molecule has 2 aromatic rings. The molecule has 0 spiro atoms. The number of methoxy groups -OCH3 is 1. The molecule has 11 nitrogen and oxygen atoms in total. The van der Waals surface area contributed by atoms with Crippen molar-refractivity contribution in [1.82, 2.24) is 4.90 Å². The minimum atomic E-state index is -4.34. The Morgan fingerprint density at radius 2 is 1.85 bits per heavy atom. The number of ether oxygens (including phenoxy) is 1. The summed E-state index contributed by atoms with van der Waals surface area (Å²) in [4.78, 5) is 29.1. The monoisotopic (exact) mass is 588 g/mol. The van der Waals surface area contributed by atoms with E-state index in [1.165, 1.54) is 12.1 Å². The molecule has 2 aliphatic heterocycles. The van der Waals surface area contributed by atoms with E-state index in [0.717, 1.165) is 50.0 Å². The quantitative estimate of drug-likeness (QED) is 0.469. The van der Waals surface area contributed by atoms with Gasteiger partial charge >= 0.3 is 0 Å². The summed E-state index contributed by atoms with van der Waals surface area (Å²) in [6, 6.07) is 11.3. The molecule has 0 radical (unpaired) electrons. The molecule has 5 rings (SSSR count). The minimum Gasteiger partial charge on any atom is -0.497 e. The number of hydrogen-bond donors (Lipinski definition) is 2. The Hall–Kier alpha value is -3.45. The lowest BCUT2D eigenvalue weighted by molar-refractivity contribution is -0.148. The molecule has 3 aliphatic rings. The number of ketones is 1. The minimum absolute atomic E-state index is 0.0527. The molecule has 1 saturated heterocycles. The second-order valence-electron chi connectivity index (χ2n) is 10.6. The lowest BCUT2D eigenvalue weighted by Crippen LogP contribution is -2.56. The van der Waals surface area contributed by atoms with Gasteiger partial charge < -0.3 is 15.0 Å². The fraction of sp³-hybridized carbons (Fsp3) is 0.444. The van der Waals surface area contributed by atoms with Gasteiger partial charge in [0.25, 0.3) is 10.0 Å². The molecular weight excluding hydrogens is 556 g/mol. The van der Waals surface area contributed by atoms with Crippen molar-refractivity contribution in [2.75, 3.05) is 29.9 Å². The topological polar surface area (TPSA) is 151 Å². The molecule has 2 atom stereocenters. The Bertz CT molecular complexity index is 1580. The van der Waals surface area contributed by atoms with E-state index in [1.807, 2.05) is 18.2 Å². The number of amides is 1. The average Bonchev–Trinajstić information content (AvgIpc) is 2.90. The summed E-state index contributed by atoms with van der Waals surface area (Å²) in [5.41, 5.74) is 0.992. The van der Waals surface area contributed by atoms with Crippen molar-refractivity contribution in [1.29, 1.82) is 0 Å². The number of piperidine rings is 1. The van der Waals surface area contributed by atoms with Gasteiger partial charge in [0, 0.05) is 24.7 Å². The SMILES string of the molecule is COc1cccc(CN2CC(C3CCCCC3)C(=O)C(C3=NS(=O)(=O)c4cc(NS(C)(=O)=O)ccc4N3)C2=O)c1. The van der Waals surface area contributed by atoms with E-state index in [2.05, 4.69) is 14.4 Å². The summed E-state index contributed by atoms with van der Waals surface area (Å²) in [5.74, 6) is -2.17. The number of likely N-dealkylation sites (tertiary alicyclic amines) is 1. The van der Waals surface area contributed by atoms with Crippen LogP contribution in [0.3, 0.4) is 0 Å². The predicted octanol–water partition coefficient (Wildman–Crippen LogP) is 3.00. The standard InChI is InChI=1S/C27H32N4O7S2/c1-38-20-10-6-7-17(13-20)15-31-16-21(18-8-4-3-5-9-18)25(32)24(27(31)33)26-28-22-12-11-19(29-39(2,34)35)14-23(22)40(36,37)30-26/h6-7,10-14,18,21,24,29H,3-5,8-9,15-16H2,1-2H3,(H,28,30). The third kappa shape index (κ3) is 5.85. The van der Waals surface area contributed by atoms with Crippen molar-refractivity contribution in [3.8, 4) is 5.75 Å². The highest BCUT2D eigenvalue weighted by molar-refractivity contribution is 7.92. The van der Waals surface area contributed by atoms with E-state index in [9.17, 15) is 26.4 Å². The smallest absolute Gasteiger partial charge is 0.286 e. The van der Waals surface area contributed by atoms with E-state index < -0.39 is 37.8 Å². The van der Waals surface area contributed by atoms with Crippen LogP contribution in [0, 0.1) is 17.8 Å². The van der Waals surface area contributed by atoms with Gasteiger partial charge in [-0.1, -0.05) is 31.4 Å². The maximum atomic E-state index is 13.9. The van der Waals surface area contributed by atoms with Crippen LogP contribution in [0.2, 0.25) is 0 Å². The van der Waals surface area contributed by atoms with Crippen molar-refractivity contribution in [2.45, 2.75) is 43.5 Å². The van der Waals surface area contributed by atoms with Gasteiger partial charge in [-0.3, -0.25) is 14.3 Å². The van der Waals surface area contributed by atoms with Gasteiger partial charge in [-0.05, 0) is 54.7 Å². The Kier molecular flexibility index (Phi) is 7.62. The number of benzene rings is 2. The second kappa shape index (κ2) is 10.8. The first-order valence-corrected chi connectivity index (χ1v) is 16.5. The van der Waals surface area contributed by atoms with Crippen LogP contribution < -0.4 is 14.8 Å². The summed E-state index contributed by atoms with van der Waals surface area (Å²) in [6.07, 6.45) is 5.83. The molecular formula is C27H32N4O7S2. The number of anilines is 2. The number of fused-ring (bicyclic) bond motifs is 1. The predicted molar refractivity (Wildman–Crippen MR) is 150 cm³/mol. The molecule has 1 amide bonds. The van der Waals surface area contributed by atoms with Crippen LogP contribution >= 0.6 is 0 Å². The maximum absolute atomic E-state index is 13.9. The first kappa shape index (κ1) is 28.1. The highest BCUT2D eigenvalue weighted by Crippen LogP contribution is 2.38. The number of rotatable bonds is 7. The molecule has 214 valence electrons. The number of amidine groups is 1. The molecule has 1 saturated carbocycles. The number of Topliss-reactive ketones (excluding diaryl/α,β-unsaturated/α-hetero) is 1. The molecule has 13 heteroatoms. The highest BCUT2D eigenvalue weighted by atomic mass is 32.2. The van der Waals surface area contributed by atoms with Crippen molar-refractivity contribution >= 4 is 48.9 Å². The van der Waals surface area contributed by atoms with Crippen LogP contribution in [0.25, 0.3) is 0 Å². The summed E-state index contributed by atoms with van der Waals surface area (Å²) >= 11 is 0. The van der Waals surface area contributed by atoms with Crippen LogP contribution in [-0.2, 0) is 36.2 Å². The van der Waals surface area contributed by atoms with E-state index in [4.69, 9.17) is 4.74 Å². The molecule has 2 aromatic carbocycles. The van der Waals surface area contributed by atoms with Crippen LogP contribution in [0.5, 0.6) is 5.75 Å². The van der Waals surface area contributed by atoms with Gasteiger partial charge in [0.05, 0.1) is 19.1 Å². The maximum Gasteiger partial charge on any atom is 0.286 e. The van der Waals surface area contributed by atoms with E-state index in [1.54, 1.807) is 18.1 Å². The van der Waals surface area contributed by atoms with Gasteiger partial charge in [0.15, 0.2) is 11.7 Å². The fourth-order valence-electron chi connectivity index (χ4n) is 5.82. The van der Waals surface area contributed by atoms with Crippen LogP contribution in [-0.4, -0.2) is 59.2 Å². The normalized spacial score (nSPS) is 23.1. The number of carbonyl (C=O) groups excluding carboxylic acids is 2. The van der Waals surface area contributed by atoms with Crippen molar-refractivity contribution in [2.24, 2.45) is 22.2 Å². The van der Waals surface area contributed by atoms with Crippen molar-refractivity contribution < 1.29 is 31.2 Å². The number of hydrogen-bond acceptors (Lipinski definition) is 8. The molecule has 0 bridgehead atoms. The molecule has 1 aliphatic carbocycles. The molecule has 40 heavy (non-hydrogen) atoms. The number of nitrogens with one attached hydrogen (secondary N) is 2. The number of sulfonamides is 2. The van der Waals surface area contributed by atoms with Gasteiger partial charge in [-0.2, -0.15) is 8.42 Å². The number of nitrogens with zero attached hydrogens (tertiary/aromatic N) is 2. The molecule has 2 N–H and O–H groups in total. The summed E-state index contributed by atoms with van der Waals surface area (Å²) in [5, 5.41) is 2.90. The summed E-state index contributed by atoms with van der Waals surface area (Å²) < 4.78 is 61.2. The third-order valence-electron chi connectivity index (χ3n) is 7.67. The van der Waals surface area contributed by atoms with E-state index in [0.29, 0.717) is 5.75 Å². The Morgan fingerprint density at radius 1 is 1.10 bits per heavy atom. The summed E-state index contributed by atoms with van der Waals surface area (Å²) in [6.45, 7) is 0.493. The van der Waals surface area contributed by atoms with Gasteiger partial charge in [-0.25, -0.2) is 8.42 Å². The molecule has 2 unspecified atom stereocenters. The van der Waals surface area contributed by atoms with E-state index >= 15 is 0 Å². The molecule has 2 fully saturated rings. The van der Waals surface area contributed by atoms with Crippen molar-refractivity contribution in [3.63, 3.8) is 0 Å². The summed E-state index contributed by atoms with van der Waals surface area (Å²) in [7, 11) is -6.42. The lowest BCUT2D eigenvalue weighted by atomic mass is 9.72. The number of carbonyl (C=O) groups is 2. The van der Waals surface area contributed by atoms with Crippen LogP contribution in [0.4, 0.5) is 11.4 Å². The third-order valence-corrected chi connectivity index (χ3v) is 9.61. The largest absolute Gasteiger partial charge is 0.497 e. The first-order chi connectivity index (χ1) is 18.9. The highest BCUT2D eigenvalue weighted by Gasteiger charge is 2.48. The van der Waals surface area contributed by atoms with Crippen LogP contribution in [0.1, 0.15) is 37.7 Å². The van der Waals surface area contributed by atoms with Gasteiger partial charge in [0.2, 0.25) is 15.9 Å². The zero-order chi connectivity index (χ0) is 28.7. The Balaban J connectivity index is 1.50. The first-order valence-electron chi connectivity index (χ1n) is 13.1. The average molecular weight is 589 g/mol. The Morgan fingerprint density at radius 3 is 2.55 bits per heavy atom. The zero-order valence-electron chi connectivity index (χ0n) is 22.3. The van der Waals surface area contributed by atoms with Gasteiger partial charge in [-0.15, -0.1) is 4.40 Å². The van der Waals surface area contributed by atoms with Crippen LogP contribution in [0.15, 0.2) is 51.8 Å². The lowest BCUT2D eigenvalue weighted by Gasteiger charge is -2.41. The molecule has 0 aromatic heterocycles. The Labute approximate surface area is 234 Å². The van der Waals surface area contributed by atoms with Gasteiger partial charge in [0.1, 0.15) is 16.5 Å².